The molecule has 0 saturated carbocycles. The van der Waals surface area contributed by atoms with E-state index >= 15 is 0 Å². The first-order valence-corrected chi connectivity index (χ1v) is 10.5. The highest BCUT2D eigenvalue weighted by atomic mass is 32.2. The molecular formula is C16H19N3O3S2. The number of urea groups is 1. The number of hydrogen-bond acceptors (Lipinski definition) is 5. The third kappa shape index (κ3) is 3.76. The Kier molecular flexibility index (Phi) is 4.86. The first-order chi connectivity index (χ1) is 11.5. The van der Waals surface area contributed by atoms with Gasteiger partial charge in [0.1, 0.15) is 0 Å². The molecular weight excluding hydrogens is 346 g/mol. The van der Waals surface area contributed by atoms with Crippen molar-refractivity contribution in [3.63, 3.8) is 0 Å². The maximum absolute atomic E-state index is 12.5. The Morgan fingerprint density at radius 2 is 2.29 bits per heavy atom. The molecule has 1 atom stereocenters. The van der Waals surface area contributed by atoms with Crippen LogP contribution < -0.4 is 5.32 Å². The molecule has 0 aliphatic carbocycles. The van der Waals surface area contributed by atoms with Crippen LogP contribution in [-0.2, 0) is 9.84 Å². The Hall–Kier alpha value is -1.93. The number of hydrogen-bond donors (Lipinski definition) is 1. The van der Waals surface area contributed by atoms with Gasteiger partial charge in [-0.1, -0.05) is 12.1 Å². The van der Waals surface area contributed by atoms with Crippen molar-refractivity contribution in [1.82, 2.24) is 9.88 Å². The minimum absolute atomic E-state index is 0.0487. The lowest BCUT2D eigenvalue weighted by atomic mass is 10.1. The van der Waals surface area contributed by atoms with Crippen LogP contribution in [0, 0.1) is 0 Å². The largest absolute Gasteiger partial charge is 0.322 e. The van der Waals surface area contributed by atoms with Crippen molar-refractivity contribution in [2.75, 3.05) is 23.4 Å². The molecule has 24 heavy (non-hydrogen) atoms. The molecule has 1 aromatic heterocycles. The maximum atomic E-state index is 12.5. The molecule has 0 radical (unpaired) electrons. The van der Waals surface area contributed by atoms with Gasteiger partial charge in [0, 0.05) is 29.2 Å². The molecule has 128 valence electrons. The third-order valence-corrected chi connectivity index (χ3v) is 6.43. The van der Waals surface area contributed by atoms with Crippen LogP contribution in [0.2, 0.25) is 0 Å². The lowest BCUT2D eigenvalue weighted by Crippen LogP contribution is -2.43. The normalized spacial score (nSPS) is 19.1. The van der Waals surface area contributed by atoms with Gasteiger partial charge >= 0.3 is 6.03 Å². The van der Waals surface area contributed by atoms with E-state index in [9.17, 15) is 13.2 Å². The van der Waals surface area contributed by atoms with Gasteiger partial charge in [-0.15, -0.1) is 11.3 Å². The summed E-state index contributed by atoms with van der Waals surface area (Å²) in [5.41, 5.74) is 4.23. The second-order valence-electron chi connectivity index (χ2n) is 5.73. The first kappa shape index (κ1) is 16.9. The zero-order valence-corrected chi connectivity index (χ0v) is 14.9. The summed E-state index contributed by atoms with van der Waals surface area (Å²) < 4.78 is 23.3. The van der Waals surface area contributed by atoms with Crippen LogP contribution in [0.5, 0.6) is 0 Å². The monoisotopic (exact) mass is 365 g/mol. The van der Waals surface area contributed by atoms with E-state index in [-0.39, 0.29) is 23.6 Å². The second kappa shape index (κ2) is 6.90. The van der Waals surface area contributed by atoms with Crippen molar-refractivity contribution in [1.29, 1.82) is 0 Å². The highest BCUT2D eigenvalue weighted by molar-refractivity contribution is 7.91. The van der Waals surface area contributed by atoms with E-state index in [0.717, 1.165) is 11.3 Å². The van der Waals surface area contributed by atoms with Gasteiger partial charge in [0.2, 0.25) is 0 Å². The maximum Gasteiger partial charge on any atom is 0.322 e. The number of nitrogens with one attached hydrogen (secondary N) is 1. The highest BCUT2D eigenvalue weighted by Gasteiger charge is 2.33. The predicted octanol–water partition coefficient (Wildman–Crippen LogP) is 2.85. The summed E-state index contributed by atoms with van der Waals surface area (Å²) >= 11 is 1.52. The van der Waals surface area contributed by atoms with Crippen molar-refractivity contribution in [2.24, 2.45) is 0 Å². The second-order valence-corrected chi connectivity index (χ2v) is 8.67. The number of thiazole rings is 1. The van der Waals surface area contributed by atoms with Gasteiger partial charge in [-0.3, -0.25) is 0 Å². The first-order valence-electron chi connectivity index (χ1n) is 7.75. The number of amides is 2. The Labute approximate surface area is 145 Å². The van der Waals surface area contributed by atoms with Crippen molar-refractivity contribution in [2.45, 2.75) is 19.4 Å². The Balaban J connectivity index is 1.73. The lowest BCUT2D eigenvalue weighted by molar-refractivity contribution is 0.197. The topological polar surface area (TPSA) is 79.4 Å². The number of benzene rings is 1. The van der Waals surface area contributed by atoms with Gasteiger partial charge in [-0.25, -0.2) is 18.2 Å². The Morgan fingerprint density at radius 3 is 2.92 bits per heavy atom. The van der Waals surface area contributed by atoms with Crippen LogP contribution >= 0.6 is 11.3 Å². The predicted molar refractivity (Wildman–Crippen MR) is 96.0 cm³/mol. The van der Waals surface area contributed by atoms with Crippen molar-refractivity contribution >= 4 is 32.9 Å². The van der Waals surface area contributed by atoms with Crippen molar-refractivity contribution in [3.8, 4) is 11.3 Å². The molecule has 1 saturated heterocycles. The molecule has 1 aliphatic heterocycles. The van der Waals surface area contributed by atoms with E-state index in [4.69, 9.17) is 0 Å². The van der Waals surface area contributed by atoms with E-state index in [1.807, 2.05) is 36.6 Å². The molecule has 1 fully saturated rings. The minimum Gasteiger partial charge on any atom is -0.321 e. The van der Waals surface area contributed by atoms with Gasteiger partial charge < -0.3 is 10.2 Å². The number of rotatable bonds is 4. The average molecular weight is 365 g/mol. The fraction of sp³-hybridized carbons (Fsp3) is 0.375. The summed E-state index contributed by atoms with van der Waals surface area (Å²) in [5, 5.41) is 4.81. The van der Waals surface area contributed by atoms with Crippen LogP contribution in [0.1, 0.15) is 13.3 Å². The van der Waals surface area contributed by atoms with Crippen LogP contribution in [0.15, 0.2) is 35.2 Å². The zero-order chi connectivity index (χ0) is 17.2. The summed E-state index contributed by atoms with van der Waals surface area (Å²) in [6, 6.07) is 6.96. The standard InChI is InChI=1S/C16H19N3O3S2/c1-2-19(14-6-7-24(21,22)10-14)16(20)18-13-5-3-4-12(8-13)15-9-23-11-17-15/h3-5,8-9,11,14H,2,6-7,10H2,1H3,(H,18,20)/t14-/m0/s1. The summed E-state index contributed by atoms with van der Waals surface area (Å²) in [6.45, 7) is 2.33. The SMILES string of the molecule is CCN(C(=O)Nc1cccc(-c2cscn2)c1)[C@H]1CCS(=O)(=O)C1. The van der Waals surface area contributed by atoms with Gasteiger partial charge in [0.05, 0.1) is 22.7 Å². The smallest absolute Gasteiger partial charge is 0.321 e. The summed E-state index contributed by atoms with van der Waals surface area (Å²) in [7, 11) is -3.02. The quantitative estimate of drug-likeness (QED) is 0.903. The van der Waals surface area contributed by atoms with Crippen LogP contribution in [0.4, 0.5) is 10.5 Å². The number of carbonyl (C=O) groups is 1. The number of nitrogens with zero attached hydrogens (tertiary/aromatic N) is 2. The van der Waals surface area contributed by atoms with Crippen LogP contribution in [0.3, 0.4) is 0 Å². The fourth-order valence-corrected chi connectivity index (χ4v) is 5.19. The van der Waals surface area contributed by atoms with Gasteiger partial charge in [-0.05, 0) is 25.5 Å². The molecule has 1 aromatic carbocycles. The molecule has 1 aliphatic rings. The third-order valence-electron chi connectivity index (χ3n) is 4.09. The average Bonchev–Trinajstić information content (AvgIpc) is 3.18. The van der Waals surface area contributed by atoms with Crippen molar-refractivity contribution < 1.29 is 13.2 Å². The molecule has 2 amide bonds. The van der Waals surface area contributed by atoms with E-state index < -0.39 is 9.84 Å². The number of aromatic nitrogens is 1. The number of sulfone groups is 1. The fourth-order valence-electron chi connectivity index (χ4n) is 2.90. The highest BCUT2D eigenvalue weighted by Crippen LogP contribution is 2.23. The van der Waals surface area contributed by atoms with E-state index in [1.165, 1.54) is 11.3 Å². The van der Waals surface area contributed by atoms with Gasteiger partial charge in [0.25, 0.3) is 0 Å². The molecule has 0 unspecified atom stereocenters. The minimum atomic E-state index is -3.02. The van der Waals surface area contributed by atoms with Crippen LogP contribution in [-0.4, -0.2) is 48.4 Å². The molecule has 0 spiro atoms. The molecule has 1 N–H and O–H groups in total. The number of carbonyl (C=O) groups excluding carboxylic acids is 1. The van der Waals surface area contributed by atoms with E-state index in [0.29, 0.717) is 18.7 Å². The summed E-state index contributed by atoms with van der Waals surface area (Å²) in [4.78, 5) is 18.4. The van der Waals surface area contributed by atoms with Crippen molar-refractivity contribution in [3.05, 3.63) is 35.2 Å². The summed E-state index contributed by atoms with van der Waals surface area (Å²) in [5.74, 6) is 0.202. The van der Waals surface area contributed by atoms with Gasteiger partial charge in [-0.2, -0.15) is 0 Å². The zero-order valence-electron chi connectivity index (χ0n) is 13.3. The lowest BCUT2D eigenvalue weighted by Gasteiger charge is -2.27. The van der Waals surface area contributed by atoms with E-state index in [1.54, 1.807) is 10.4 Å². The molecule has 0 bridgehead atoms. The molecule has 2 heterocycles. The molecule has 6 nitrogen and oxygen atoms in total. The summed E-state index contributed by atoms with van der Waals surface area (Å²) in [6.07, 6.45) is 0.502. The Bertz CT molecular complexity index is 819. The van der Waals surface area contributed by atoms with E-state index in [2.05, 4.69) is 10.3 Å². The number of anilines is 1. The molecule has 2 aromatic rings. The molecule has 3 rings (SSSR count). The van der Waals surface area contributed by atoms with Gasteiger partial charge in [0.15, 0.2) is 9.84 Å². The Morgan fingerprint density at radius 1 is 1.46 bits per heavy atom. The molecule has 8 heteroatoms. The van der Waals surface area contributed by atoms with Crippen LogP contribution in [0.25, 0.3) is 11.3 Å².